The minimum absolute atomic E-state index is 0.232. The Bertz CT molecular complexity index is 480. The van der Waals surface area contributed by atoms with Crippen LogP contribution in [0.15, 0.2) is 30.3 Å². The Balaban J connectivity index is 2.59. The zero-order valence-corrected chi connectivity index (χ0v) is 12.0. The van der Waals surface area contributed by atoms with Gasteiger partial charge in [-0.15, -0.1) is 12.3 Å². The average molecular weight is 272 g/mol. The number of hydrogen-bond donors (Lipinski definition) is 0. The fourth-order valence-electron chi connectivity index (χ4n) is 1.75. The highest BCUT2D eigenvalue weighted by Crippen LogP contribution is 2.15. The zero-order valence-electron chi connectivity index (χ0n) is 12.0. The minimum Gasteiger partial charge on any atom is -0.497 e. The number of esters is 1. The monoisotopic (exact) mass is 272 g/mol. The molecule has 1 atom stereocenters. The van der Waals surface area contributed by atoms with Crippen molar-refractivity contribution in [2.45, 2.75) is 19.8 Å². The maximum Gasteiger partial charge on any atom is 0.310 e. The van der Waals surface area contributed by atoms with E-state index in [2.05, 4.69) is 5.92 Å². The van der Waals surface area contributed by atoms with Crippen molar-refractivity contribution in [2.24, 2.45) is 5.92 Å². The quantitative estimate of drug-likeness (QED) is 0.564. The Labute approximate surface area is 120 Å². The van der Waals surface area contributed by atoms with E-state index in [9.17, 15) is 4.79 Å². The first-order valence-corrected chi connectivity index (χ1v) is 6.62. The lowest BCUT2D eigenvalue weighted by Crippen LogP contribution is -2.16. The number of terminal acetylenes is 1. The summed E-state index contributed by atoms with van der Waals surface area (Å²) < 4.78 is 10.1. The summed E-state index contributed by atoms with van der Waals surface area (Å²) in [7, 11) is 1.63. The van der Waals surface area contributed by atoms with E-state index < -0.39 is 0 Å². The zero-order chi connectivity index (χ0) is 14.8. The molecule has 1 aromatic rings. The molecule has 0 aliphatic rings. The van der Waals surface area contributed by atoms with Gasteiger partial charge >= 0.3 is 5.97 Å². The Kier molecular flexibility index (Phi) is 6.99. The number of carbonyl (C=O) groups is 1. The van der Waals surface area contributed by atoms with Crippen LogP contribution >= 0.6 is 0 Å². The van der Waals surface area contributed by atoms with Crippen LogP contribution in [0.1, 0.15) is 25.3 Å². The maximum atomic E-state index is 11.7. The van der Waals surface area contributed by atoms with Crippen molar-refractivity contribution < 1.29 is 14.3 Å². The summed E-state index contributed by atoms with van der Waals surface area (Å²) in [5.74, 6) is 2.84. The van der Waals surface area contributed by atoms with Crippen LogP contribution in [0.2, 0.25) is 0 Å². The predicted molar refractivity (Wildman–Crippen MR) is 80.2 cm³/mol. The Morgan fingerprint density at radius 2 is 2.10 bits per heavy atom. The second-order valence-electron chi connectivity index (χ2n) is 4.27. The van der Waals surface area contributed by atoms with E-state index in [0.29, 0.717) is 19.4 Å². The molecule has 20 heavy (non-hydrogen) atoms. The smallest absolute Gasteiger partial charge is 0.310 e. The van der Waals surface area contributed by atoms with Crippen LogP contribution in [-0.4, -0.2) is 19.7 Å². The van der Waals surface area contributed by atoms with Crippen molar-refractivity contribution in [2.75, 3.05) is 13.7 Å². The number of rotatable bonds is 7. The lowest BCUT2D eigenvalue weighted by molar-refractivity contribution is -0.147. The summed E-state index contributed by atoms with van der Waals surface area (Å²) in [6, 6.07) is 7.69. The Hall–Kier alpha value is -2.21. The van der Waals surface area contributed by atoms with Crippen molar-refractivity contribution in [3.8, 4) is 18.1 Å². The number of ether oxygens (including phenoxy) is 2. The van der Waals surface area contributed by atoms with Crippen molar-refractivity contribution in [3.63, 3.8) is 0 Å². The van der Waals surface area contributed by atoms with Gasteiger partial charge in [0, 0.05) is 6.42 Å². The van der Waals surface area contributed by atoms with Crippen LogP contribution in [0, 0.1) is 18.3 Å². The topological polar surface area (TPSA) is 35.5 Å². The third-order valence-corrected chi connectivity index (χ3v) is 2.83. The summed E-state index contributed by atoms with van der Waals surface area (Å²) in [4.78, 5) is 11.7. The molecule has 0 aliphatic carbocycles. The summed E-state index contributed by atoms with van der Waals surface area (Å²) >= 11 is 0. The Morgan fingerprint density at radius 1 is 1.40 bits per heavy atom. The summed E-state index contributed by atoms with van der Waals surface area (Å²) in [6.07, 6.45) is 10.2. The molecule has 0 amide bonds. The van der Waals surface area contributed by atoms with E-state index in [4.69, 9.17) is 15.9 Å². The molecule has 0 aromatic heterocycles. The standard InChI is InChI=1S/C17H20O3/c1-4-7-15(17(18)20-5-2)9-6-8-14-10-12-16(19-3)13-11-14/h1,6,8,10-13,15H,5,7,9H2,2-3H3/b8-6+/t15-/m0/s1. The average Bonchev–Trinajstić information content (AvgIpc) is 2.47. The second-order valence-corrected chi connectivity index (χ2v) is 4.27. The summed E-state index contributed by atoms with van der Waals surface area (Å²) in [5.41, 5.74) is 1.05. The third kappa shape index (κ3) is 5.19. The molecule has 3 nitrogen and oxygen atoms in total. The molecule has 0 unspecified atom stereocenters. The molecule has 0 N–H and O–H groups in total. The van der Waals surface area contributed by atoms with Crippen LogP contribution < -0.4 is 4.74 Å². The molecule has 1 aromatic carbocycles. The number of methoxy groups -OCH3 is 1. The lowest BCUT2D eigenvalue weighted by atomic mass is 10.0. The third-order valence-electron chi connectivity index (χ3n) is 2.83. The highest BCUT2D eigenvalue weighted by atomic mass is 16.5. The predicted octanol–water partition coefficient (Wildman–Crippen LogP) is 3.30. The van der Waals surface area contributed by atoms with Crippen molar-refractivity contribution in [1.82, 2.24) is 0 Å². The number of hydrogen-bond acceptors (Lipinski definition) is 3. The summed E-state index contributed by atoms with van der Waals surface area (Å²) in [6.45, 7) is 2.17. The molecule has 106 valence electrons. The van der Waals surface area contributed by atoms with E-state index in [-0.39, 0.29) is 11.9 Å². The van der Waals surface area contributed by atoms with Crippen molar-refractivity contribution in [1.29, 1.82) is 0 Å². The van der Waals surface area contributed by atoms with Crippen LogP contribution in [0.3, 0.4) is 0 Å². The largest absolute Gasteiger partial charge is 0.497 e. The van der Waals surface area contributed by atoms with Crippen LogP contribution in [0.5, 0.6) is 5.75 Å². The van der Waals surface area contributed by atoms with Gasteiger partial charge in [-0.2, -0.15) is 0 Å². The Morgan fingerprint density at radius 3 is 2.65 bits per heavy atom. The molecule has 0 heterocycles. The normalized spacial score (nSPS) is 11.8. The first-order valence-electron chi connectivity index (χ1n) is 6.62. The second kappa shape index (κ2) is 8.82. The van der Waals surface area contributed by atoms with Gasteiger partial charge in [0.1, 0.15) is 5.75 Å². The lowest BCUT2D eigenvalue weighted by Gasteiger charge is -2.10. The van der Waals surface area contributed by atoms with Crippen molar-refractivity contribution >= 4 is 12.0 Å². The van der Waals surface area contributed by atoms with Gasteiger partial charge < -0.3 is 9.47 Å². The van der Waals surface area contributed by atoms with E-state index in [1.165, 1.54) is 0 Å². The first-order chi connectivity index (χ1) is 9.71. The fraction of sp³-hybridized carbons (Fsp3) is 0.353. The van der Waals surface area contributed by atoms with Crippen molar-refractivity contribution in [3.05, 3.63) is 35.9 Å². The highest BCUT2D eigenvalue weighted by Gasteiger charge is 2.16. The number of carbonyl (C=O) groups excluding carboxylic acids is 1. The van der Waals surface area contributed by atoms with E-state index in [1.807, 2.05) is 36.4 Å². The molecule has 0 fully saturated rings. The SMILES string of the molecule is C#CC[C@@H](C/C=C/c1ccc(OC)cc1)C(=O)OCC. The van der Waals surface area contributed by atoms with E-state index >= 15 is 0 Å². The van der Waals surface area contributed by atoms with Crippen LogP contribution in [0.25, 0.3) is 6.08 Å². The summed E-state index contributed by atoms with van der Waals surface area (Å²) in [5, 5.41) is 0. The highest BCUT2D eigenvalue weighted by molar-refractivity contribution is 5.73. The fourth-order valence-corrected chi connectivity index (χ4v) is 1.75. The molecule has 0 radical (unpaired) electrons. The van der Waals surface area contributed by atoms with Gasteiger partial charge in [-0.1, -0.05) is 24.3 Å². The van der Waals surface area contributed by atoms with Gasteiger partial charge in [0.2, 0.25) is 0 Å². The molecule has 1 rings (SSSR count). The molecule has 0 saturated carbocycles. The number of allylic oxidation sites excluding steroid dienone is 1. The van der Waals surface area contributed by atoms with Gasteiger partial charge in [-0.05, 0) is 31.0 Å². The molecular weight excluding hydrogens is 252 g/mol. The van der Waals surface area contributed by atoms with E-state index in [0.717, 1.165) is 11.3 Å². The maximum absolute atomic E-state index is 11.7. The number of benzene rings is 1. The van der Waals surface area contributed by atoms with Gasteiger partial charge in [0.25, 0.3) is 0 Å². The molecule has 0 bridgehead atoms. The van der Waals surface area contributed by atoms with Crippen LogP contribution in [-0.2, 0) is 9.53 Å². The first kappa shape index (κ1) is 15.8. The molecule has 0 aliphatic heterocycles. The molecule has 0 saturated heterocycles. The van der Waals surface area contributed by atoms with E-state index in [1.54, 1.807) is 14.0 Å². The molecule has 3 heteroatoms. The van der Waals surface area contributed by atoms with Gasteiger partial charge in [0.05, 0.1) is 19.6 Å². The van der Waals surface area contributed by atoms with Gasteiger partial charge in [0.15, 0.2) is 0 Å². The minimum atomic E-state index is -0.269. The van der Waals surface area contributed by atoms with Gasteiger partial charge in [-0.25, -0.2) is 0 Å². The molecule has 0 spiro atoms. The van der Waals surface area contributed by atoms with Crippen LogP contribution in [0.4, 0.5) is 0 Å². The van der Waals surface area contributed by atoms with Gasteiger partial charge in [-0.3, -0.25) is 4.79 Å². The molecular formula is C17H20O3.